The van der Waals surface area contributed by atoms with Crippen molar-refractivity contribution in [3.63, 3.8) is 0 Å². The molecular weight excluding hydrogens is 457 g/mol. The number of carbonyl (C=O) groups excluding carboxylic acids is 1. The highest BCUT2D eigenvalue weighted by Gasteiger charge is 2.42. The maximum absolute atomic E-state index is 13.4. The fraction of sp³-hybridized carbons (Fsp3) is 0.500. The summed E-state index contributed by atoms with van der Waals surface area (Å²) in [5.41, 5.74) is 1.84. The van der Waals surface area contributed by atoms with Crippen molar-refractivity contribution in [2.75, 3.05) is 68.8 Å². The summed E-state index contributed by atoms with van der Waals surface area (Å²) in [7, 11) is 0. The Kier molecular flexibility index (Phi) is 6.88. The van der Waals surface area contributed by atoms with Gasteiger partial charge in [-0.05, 0) is 42.3 Å². The molecule has 3 heterocycles. The quantitative estimate of drug-likeness (QED) is 0.701. The zero-order chi connectivity index (χ0) is 24.4. The Morgan fingerprint density at radius 1 is 1.03 bits per heavy atom. The third-order valence-electron chi connectivity index (χ3n) is 7.33. The molecule has 2 aromatic rings. The number of nitrogens with zero attached hydrogens (tertiary/aromatic N) is 3. The van der Waals surface area contributed by atoms with Crippen molar-refractivity contribution in [3.05, 3.63) is 59.7 Å². The molecule has 2 saturated heterocycles. The van der Waals surface area contributed by atoms with Crippen molar-refractivity contribution in [3.8, 4) is 0 Å². The van der Waals surface area contributed by atoms with E-state index in [1.54, 1.807) is 6.07 Å². The minimum absolute atomic E-state index is 0.0915. The number of morpholine rings is 1. The fourth-order valence-corrected chi connectivity index (χ4v) is 5.47. The number of benzene rings is 2. The molecule has 0 saturated carbocycles. The van der Waals surface area contributed by atoms with Gasteiger partial charge in [0.05, 0.1) is 30.7 Å². The van der Waals surface area contributed by atoms with E-state index >= 15 is 0 Å². The number of piperazine rings is 1. The SMILES string of the molecule is O=C(NCCN1CCOCC1)[C@H]1Cc2cc(C(F)(F)F)ccc2N2CCN(c3ccccc3)C[C@@H]12. The highest BCUT2D eigenvalue weighted by molar-refractivity contribution is 5.82. The number of anilines is 2. The minimum Gasteiger partial charge on any atom is -0.379 e. The number of rotatable bonds is 5. The van der Waals surface area contributed by atoms with E-state index in [1.807, 2.05) is 18.2 Å². The van der Waals surface area contributed by atoms with Crippen LogP contribution in [0.4, 0.5) is 24.5 Å². The Balaban J connectivity index is 1.36. The van der Waals surface area contributed by atoms with Crippen molar-refractivity contribution >= 4 is 17.3 Å². The molecule has 0 aliphatic carbocycles. The van der Waals surface area contributed by atoms with Gasteiger partial charge in [0.25, 0.3) is 0 Å². The lowest BCUT2D eigenvalue weighted by atomic mass is 9.82. The van der Waals surface area contributed by atoms with Crippen molar-refractivity contribution < 1.29 is 22.7 Å². The summed E-state index contributed by atoms with van der Waals surface area (Å²) in [5.74, 6) is -0.520. The number of halogens is 3. The smallest absolute Gasteiger partial charge is 0.379 e. The summed E-state index contributed by atoms with van der Waals surface area (Å²) in [5, 5.41) is 3.07. The van der Waals surface area contributed by atoms with E-state index in [2.05, 4.69) is 32.1 Å². The minimum atomic E-state index is -4.41. The number of para-hydroxylation sites is 1. The van der Waals surface area contributed by atoms with E-state index in [0.29, 0.717) is 44.8 Å². The first-order valence-electron chi connectivity index (χ1n) is 12.2. The Morgan fingerprint density at radius 3 is 2.54 bits per heavy atom. The molecule has 1 amide bonds. The molecule has 0 radical (unpaired) electrons. The van der Waals surface area contributed by atoms with Crippen LogP contribution >= 0.6 is 0 Å². The average Bonchev–Trinajstić information content (AvgIpc) is 2.88. The van der Waals surface area contributed by atoms with Crippen molar-refractivity contribution in [2.24, 2.45) is 5.92 Å². The summed E-state index contributed by atoms with van der Waals surface area (Å²) < 4.78 is 45.6. The molecule has 188 valence electrons. The average molecular weight is 489 g/mol. The maximum Gasteiger partial charge on any atom is 0.416 e. The van der Waals surface area contributed by atoms with E-state index in [4.69, 9.17) is 4.74 Å². The topological polar surface area (TPSA) is 48.1 Å². The van der Waals surface area contributed by atoms with Gasteiger partial charge in [0, 0.05) is 57.2 Å². The Labute approximate surface area is 203 Å². The summed E-state index contributed by atoms with van der Waals surface area (Å²) in [4.78, 5) is 20.1. The van der Waals surface area contributed by atoms with Gasteiger partial charge >= 0.3 is 6.18 Å². The van der Waals surface area contributed by atoms with Crippen LogP contribution in [0.1, 0.15) is 11.1 Å². The molecule has 3 aliphatic heterocycles. The summed E-state index contributed by atoms with van der Waals surface area (Å²) >= 11 is 0. The van der Waals surface area contributed by atoms with Crippen molar-refractivity contribution in [2.45, 2.75) is 18.6 Å². The largest absolute Gasteiger partial charge is 0.416 e. The zero-order valence-electron chi connectivity index (χ0n) is 19.6. The van der Waals surface area contributed by atoms with Crippen LogP contribution in [0.5, 0.6) is 0 Å². The number of nitrogens with one attached hydrogen (secondary N) is 1. The molecule has 2 aromatic carbocycles. The van der Waals surface area contributed by atoms with E-state index in [9.17, 15) is 18.0 Å². The second-order valence-corrected chi connectivity index (χ2v) is 9.44. The fourth-order valence-electron chi connectivity index (χ4n) is 5.47. The molecule has 0 unspecified atom stereocenters. The maximum atomic E-state index is 13.4. The summed E-state index contributed by atoms with van der Waals surface area (Å²) in [6.07, 6.45) is -4.11. The monoisotopic (exact) mass is 488 g/mol. The predicted octanol–water partition coefficient (Wildman–Crippen LogP) is 3.02. The highest BCUT2D eigenvalue weighted by Crippen LogP contribution is 2.40. The first-order chi connectivity index (χ1) is 16.9. The first kappa shape index (κ1) is 23.9. The number of ether oxygens (including phenoxy) is 1. The van der Waals surface area contributed by atoms with Gasteiger partial charge in [-0.15, -0.1) is 0 Å². The van der Waals surface area contributed by atoms with Gasteiger partial charge in [0.1, 0.15) is 0 Å². The van der Waals surface area contributed by atoms with Gasteiger partial charge in [-0.2, -0.15) is 13.2 Å². The van der Waals surface area contributed by atoms with E-state index in [1.165, 1.54) is 6.07 Å². The third-order valence-corrected chi connectivity index (χ3v) is 7.33. The lowest BCUT2D eigenvalue weighted by Crippen LogP contribution is -2.61. The van der Waals surface area contributed by atoms with E-state index in [-0.39, 0.29) is 11.9 Å². The molecule has 0 spiro atoms. The van der Waals surface area contributed by atoms with Crippen LogP contribution in [0.15, 0.2) is 48.5 Å². The van der Waals surface area contributed by atoms with Crippen LogP contribution in [0.2, 0.25) is 0 Å². The normalized spacial score (nSPS) is 22.9. The Hall–Kier alpha value is -2.78. The molecule has 5 rings (SSSR count). The van der Waals surface area contributed by atoms with Gasteiger partial charge in [-0.25, -0.2) is 0 Å². The van der Waals surface area contributed by atoms with Crippen LogP contribution in [0.25, 0.3) is 0 Å². The van der Waals surface area contributed by atoms with Crippen molar-refractivity contribution in [1.29, 1.82) is 0 Å². The number of fused-ring (bicyclic) bond motifs is 3. The molecule has 0 bridgehead atoms. The zero-order valence-corrected chi connectivity index (χ0v) is 19.6. The third kappa shape index (κ3) is 5.26. The molecule has 0 aromatic heterocycles. The van der Waals surface area contributed by atoms with Gasteiger partial charge < -0.3 is 19.9 Å². The second kappa shape index (κ2) is 10.1. The lowest BCUT2D eigenvalue weighted by molar-refractivity contribution is -0.137. The molecule has 1 N–H and O–H groups in total. The Morgan fingerprint density at radius 2 is 1.80 bits per heavy atom. The number of amides is 1. The number of hydrogen-bond donors (Lipinski definition) is 1. The van der Waals surface area contributed by atoms with Crippen LogP contribution in [-0.4, -0.2) is 75.9 Å². The molecule has 3 aliphatic rings. The lowest BCUT2D eigenvalue weighted by Gasteiger charge is -2.49. The molecule has 2 fully saturated rings. The second-order valence-electron chi connectivity index (χ2n) is 9.44. The molecule has 2 atom stereocenters. The highest BCUT2D eigenvalue weighted by atomic mass is 19.4. The van der Waals surface area contributed by atoms with Gasteiger partial charge in [-0.1, -0.05) is 18.2 Å². The Bertz CT molecular complexity index is 1030. The molecule has 35 heavy (non-hydrogen) atoms. The standard InChI is InChI=1S/C26H31F3N4O2/c27-26(28,29)20-6-7-23-19(16-20)17-22(25(34)30-8-9-31-12-14-35-15-13-31)24-18-32(10-11-33(23)24)21-4-2-1-3-5-21/h1-7,16,22,24H,8-15,17-18H2,(H,30,34)/t22-,24-/m0/s1. The van der Waals surface area contributed by atoms with Crippen LogP contribution in [0, 0.1) is 5.92 Å². The number of hydrogen-bond acceptors (Lipinski definition) is 5. The van der Waals surface area contributed by atoms with Crippen LogP contribution in [-0.2, 0) is 22.1 Å². The molecular formula is C26H31F3N4O2. The summed E-state index contributed by atoms with van der Waals surface area (Å²) in [6.45, 7) is 6.36. The van der Waals surface area contributed by atoms with Gasteiger partial charge in [0.15, 0.2) is 0 Å². The number of carbonyl (C=O) groups is 1. The van der Waals surface area contributed by atoms with Crippen LogP contribution < -0.4 is 15.1 Å². The van der Waals surface area contributed by atoms with Gasteiger partial charge in [-0.3, -0.25) is 9.69 Å². The van der Waals surface area contributed by atoms with Crippen molar-refractivity contribution in [1.82, 2.24) is 10.2 Å². The first-order valence-corrected chi connectivity index (χ1v) is 12.2. The predicted molar refractivity (Wildman–Crippen MR) is 129 cm³/mol. The number of alkyl halides is 3. The van der Waals surface area contributed by atoms with Gasteiger partial charge in [0.2, 0.25) is 5.91 Å². The van der Waals surface area contributed by atoms with E-state index < -0.39 is 17.7 Å². The molecule has 6 nitrogen and oxygen atoms in total. The van der Waals surface area contributed by atoms with E-state index in [0.717, 1.165) is 43.6 Å². The summed E-state index contributed by atoms with van der Waals surface area (Å²) in [6, 6.07) is 13.9. The molecule has 9 heteroatoms. The van der Waals surface area contributed by atoms with Crippen LogP contribution in [0.3, 0.4) is 0 Å².